The third kappa shape index (κ3) is 4.87. The molecule has 0 saturated carbocycles. The normalized spacial score (nSPS) is 12.6. The van der Waals surface area contributed by atoms with Crippen LogP contribution in [0, 0.1) is 0 Å². The van der Waals surface area contributed by atoms with Gasteiger partial charge in [-0.1, -0.05) is 6.07 Å². The predicted molar refractivity (Wildman–Crippen MR) is 103 cm³/mol. The highest BCUT2D eigenvalue weighted by molar-refractivity contribution is 5.92. The third-order valence-corrected chi connectivity index (χ3v) is 4.30. The van der Waals surface area contributed by atoms with Crippen molar-refractivity contribution in [2.75, 3.05) is 20.6 Å². The van der Waals surface area contributed by atoms with Crippen LogP contribution in [-0.2, 0) is 20.7 Å². The van der Waals surface area contributed by atoms with Crippen LogP contribution in [0.25, 0.3) is 10.9 Å². The van der Waals surface area contributed by atoms with Crippen LogP contribution in [0.3, 0.4) is 0 Å². The number of carboxylic acid groups (broad SMARTS) is 1. The summed E-state index contributed by atoms with van der Waals surface area (Å²) in [5, 5.41) is 10.1. The molecule has 148 valence electrons. The average Bonchev–Trinajstić information content (AvgIpc) is 2.96. The first-order chi connectivity index (χ1) is 12.4. The topological polar surface area (TPSA) is 91.9 Å². The monoisotopic (exact) mass is 376 g/mol. The second-order valence-corrected chi connectivity index (χ2v) is 7.86. The second kappa shape index (κ2) is 7.70. The van der Waals surface area contributed by atoms with E-state index in [0.717, 1.165) is 29.4 Å². The molecule has 7 heteroatoms. The van der Waals surface area contributed by atoms with Crippen molar-refractivity contribution in [3.05, 3.63) is 30.0 Å². The van der Waals surface area contributed by atoms with Gasteiger partial charge in [0.25, 0.3) is 0 Å². The van der Waals surface area contributed by atoms with Gasteiger partial charge in [-0.15, -0.1) is 0 Å². The van der Waals surface area contributed by atoms with Gasteiger partial charge in [-0.3, -0.25) is 0 Å². The van der Waals surface area contributed by atoms with Crippen molar-refractivity contribution in [2.45, 2.75) is 45.3 Å². The Kier molecular flexibility index (Phi) is 5.97. The number of hydrogen-bond acceptors (Lipinski definition) is 5. The van der Waals surface area contributed by atoms with Crippen LogP contribution < -0.4 is 4.74 Å². The van der Waals surface area contributed by atoms with E-state index in [1.54, 1.807) is 12.1 Å². The first kappa shape index (κ1) is 20.9. The van der Waals surface area contributed by atoms with Crippen molar-refractivity contribution < 1.29 is 24.2 Å². The lowest BCUT2D eigenvalue weighted by atomic mass is 10.1. The Hall–Kier alpha value is -2.38. The molecule has 1 heterocycles. The lowest BCUT2D eigenvalue weighted by Gasteiger charge is -2.31. The molecule has 2 N–H and O–H groups in total. The Morgan fingerprint density at radius 3 is 2.41 bits per heavy atom. The van der Waals surface area contributed by atoms with Gasteiger partial charge in [0, 0.05) is 23.6 Å². The number of ether oxygens (including phenoxy) is 2. The summed E-state index contributed by atoms with van der Waals surface area (Å²) >= 11 is 0. The number of carbonyl (C=O) groups excluding carboxylic acids is 1. The zero-order valence-corrected chi connectivity index (χ0v) is 16.8. The summed E-state index contributed by atoms with van der Waals surface area (Å²) in [5.41, 5.74) is -1.02. The molecule has 7 nitrogen and oxygen atoms in total. The van der Waals surface area contributed by atoms with Crippen LogP contribution in [0.1, 0.15) is 33.3 Å². The number of H-pyrrole nitrogens is 1. The van der Waals surface area contributed by atoms with E-state index >= 15 is 0 Å². The van der Waals surface area contributed by atoms with E-state index in [2.05, 4.69) is 9.88 Å². The number of esters is 1. The maximum atomic E-state index is 12.7. The van der Waals surface area contributed by atoms with Crippen LogP contribution in [0.5, 0.6) is 5.75 Å². The standard InChI is InChI=1S/C20H28N2O5/c1-19(2,17(23)24)27-20(3,4)18(25)26-15-9-7-8-14-16(15)13(12-21-14)10-11-22(5)6/h7-9,12,21H,10-11H2,1-6H3,(H,23,24). The van der Waals surface area contributed by atoms with Gasteiger partial charge in [0.15, 0.2) is 11.2 Å². The molecule has 0 fully saturated rings. The van der Waals surface area contributed by atoms with Gasteiger partial charge in [-0.25, -0.2) is 9.59 Å². The number of nitrogens with zero attached hydrogens (tertiary/aromatic N) is 1. The molecule has 0 saturated heterocycles. The zero-order valence-electron chi connectivity index (χ0n) is 16.8. The summed E-state index contributed by atoms with van der Waals surface area (Å²) in [6, 6.07) is 5.44. The number of carbonyl (C=O) groups is 2. The number of rotatable bonds is 8. The average molecular weight is 376 g/mol. The molecule has 0 aliphatic carbocycles. The first-order valence-electron chi connectivity index (χ1n) is 8.83. The van der Waals surface area contributed by atoms with Gasteiger partial charge in [0.05, 0.1) is 0 Å². The Morgan fingerprint density at radius 2 is 1.81 bits per heavy atom. The molecule has 2 rings (SSSR count). The minimum absolute atomic E-state index is 0.428. The fourth-order valence-corrected chi connectivity index (χ4v) is 2.79. The van der Waals surface area contributed by atoms with Crippen molar-refractivity contribution in [3.63, 3.8) is 0 Å². The number of likely N-dealkylation sites (N-methyl/N-ethyl adjacent to an activating group) is 1. The number of aliphatic carboxylic acids is 1. The van der Waals surface area contributed by atoms with Gasteiger partial charge >= 0.3 is 11.9 Å². The zero-order chi connectivity index (χ0) is 20.4. The van der Waals surface area contributed by atoms with E-state index in [1.165, 1.54) is 27.7 Å². The van der Waals surface area contributed by atoms with Gasteiger partial charge in [0.1, 0.15) is 5.75 Å². The van der Waals surface area contributed by atoms with Crippen molar-refractivity contribution >= 4 is 22.8 Å². The highest BCUT2D eigenvalue weighted by atomic mass is 16.6. The largest absolute Gasteiger partial charge is 0.479 e. The second-order valence-electron chi connectivity index (χ2n) is 7.86. The molecule has 0 aliphatic rings. The number of aromatic nitrogens is 1. The molecule has 1 aromatic heterocycles. The van der Waals surface area contributed by atoms with Crippen LogP contribution in [0.15, 0.2) is 24.4 Å². The van der Waals surface area contributed by atoms with Gasteiger partial charge < -0.3 is 24.5 Å². The molecule has 0 bridgehead atoms. The summed E-state index contributed by atoms with van der Waals surface area (Å²) in [7, 11) is 4.00. The van der Waals surface area contributed by atoms with Crippen LogP contribution in [0.4, 0.5) is 0 Å². The Bertz CT molecular complexity index is 836. The molecule has 0 amide bonds. The highest BCUT2D eigenvalue weighted by Crippen LogP contribution is 2.31. The number of hydrogen-bond donors (Lipinski definition) is 2. The van der Waals surface area contributed by atoms with Crippen molar-refractivity contribution in [2.24, 2.45) is 0 Å². The Morgan fingerprint density at radius 1 is 1.15 bits per heavy atom. The molecular formula is C20H28N2O5. The smallest absolute Gasteiger partial charge is 0.343 e. The maximum absolute atomic E-state index is 12.7. The lowest BCUT2D eigenvalue weighted by molar-refractivity contribution is -0.190. The predicted octanol–water partition coefficient (Wildman–Crippen LogP) is 2.84. The Balaban J connectivity index is 2.28. The van der Waals surface area contributed by atoms with E-state index in [-0.39, 0.29) is 0 Å². The fourth-order valence-electron chi connectivity index (χ4n) is 2.79. The van der Waals surface area contributed by atoms with E-state index in [9.17, 15) is 14.7 Å². The minimum atomic E-state index is -1.51. The summed E-state index contributed by atoms with van der Waals surface area (Å²) in [5.74, 6) is -1.37. The first-order valence-corrected chi connectivity index (χ1v) is 8.83. The molecular weight excluding hydrogens is 348 g/mol. The number of fused-ring (bicyclic) bond motifs is 1. The van der Waals surface area contributed by atoms with E-state index in [0.29, 0.717) is 5.75 Å². The van der Waals surface area contributed by atoms with E-state index in [1.807, 2.05) is 26.4 Å². The summed E-state index contributed by atoms with van der Waals surface area (Å²) in [4.78, 5) is 29.3. The number of nitrogens with one attached hydrogen (secondary N) is 1. The minimum Gasteiger partial charge on any atom is -0.479 e. The molecule has 27 heavy (non-hydrogen) atoms. The molecule has 0 radical (unpaired) electrons. The van der Waals surface area contributed by atoms with E-state index in [4.69, 9.17) is 9.47 Å². The molecule has 0 unspecified atom stereocenters. The van der Waals surface area contributed by atoms with Crippen LogP contribution in [0.2, 0.25) is 0 Å². The van der Waals surface area contributed by atoms with Crippen molar-refractivity contribution in [3.8, 4) is 5.75 Å². The molecule has 0 aliphatic heterocycles. The molecule has 0 atom stereocenters. The fraction of sp³-hybridized carbons (Fsp3) is 0.500. The summed E-state index contributed by atoms with van der Waals surface area (Å²) < 4.78 is 11.2. The van der Waals surface area contributed by atoms with Crippen molar-refractivity contribution in [1.29, 1.82) is 0 Å². The van der Waals surface area contributed by atoms with Gasteiger partial charge in [-0.2, -0.15) is 0 Å². The SMILES string of the molecule is CN(C)CCc1c[nH]c2cccc(OC(=O)C(C)(C)OC(C)(C)C(=O)O)c12. The van der Waals surface area contributed by atoms with Crippen molar-refractivity contribution in [1.82, 2.24) is 9.88 Å². The third-order valence-electron chi connectivity index (χ3n) is 4.30. The van der Waals surface area contributed by atoms with Crippen LogP contribution in [-0.4, -0.2) is 58.8 Å². The number of benzene rings is 1. The molecule has 0 spiro atoms. The maximum Gasteiger partial charge on any atom is 0.343 e. The molecule has 2 aromatic rings. The quantitative estimate of drug-likeness (QED) is 0.544. The van der Waals surface area contributed by atoms with Gasteiger partial charge in [0.2, 0.25) is 0 Å². The molecule has 1 aromatic carbocycles. The van der Waals surface area contributed by atoms with E-state index < -0.39 is 23.1 Å². The van der Waals surface area contributed by atoms with Crippen LogP contribution >= 0.6 is 0 Å². The number of carboxylic acids is 1. The van der Waals surface area contributed by atoms with Gasteiger partial charge in [-0.05, 0) is 65.9 Å². The lowest BCUT2D eigenvalue weighted by Crippen LogP contribution is -2.48. The number of aromatic amines is 1. The Labute approximate surface area is 159 Å². The summed E-state index contributed by atoms with van der Waals surface area (Å²) in [6.07, 6.45) is 2.72. The highest BCUT2D eigenvalue weighted by Gasteiger charge is 2.41. The summed E-state index contributed by atoms with van der Waals surface area (Å²) in [6.45, 7) is 6.66.